The van der Waals surface area contributed by atoms with E-state index in [1.807, 2.05) is 0 Å². The van der Waals surface area contributed by atoms with E-state index in [2.05, 4.69) is 26.1 Å². The van der Waals surface area contributed by atoms with E-state index in [1.165, 1.54) is 33.1 Å². The Balaban J connectivity index is 1.65. The zero-order chi connectivity index (χ0) is 26.9. The summed E-state index contributed by atoms with van der Waals surface area (Å²) < 4.78 is 38.5. The van der Waals surface area contributed by atoms with Gasteiger partial charge >= 0.3 is 5.97 Å². The number of aromatic amines is 1. The minimum absolute atomic E-state index is 0.0395. The van der Waals surface area contributed by atoms with E-state index in [0.29, 0.717) is 16.6 Å². The smallest absolute Gasteiger partial charge is 0.343 e. The molecule has 1 aliphatic rings. The van der Waals surface area contributed by atoms with Gasteiger partial charge in [0, 0.05) is 41.5 Å². The monoisotopic (exact) mass is 531 g/mol. The van der Waals surface area contributed by atoms with Crippen molar-refractivity contribution in [1.29, 1.82) is 5.26 Å². The Morgan fingerprint density at radius 3 is 2.65 bits per heavy atom. The van der Waals surface area contributed by atoms with Gasteiger partial charge in [0.05, 0.1) is 17.7 Å². The Labute approximate surface area is 216 Å². The van der Waals surface area contributed by atoms with Crippen molar-refractivity contribution in [2.45, 2.75) is 19.8 Å². The number of halogens is 3. The predicted octanol–water partition coefficient (Wildman–Crippen LogP) is 4.47. The average Bonchev–Trinajstić information content (AvgIpc) is 2.86. The highest BCUT2D eigenvalue weighted by Gasteiger charge is 2.47. The molecule has 0 bridgehead atoms. The third-order valence-electron chi connectivity index (χ3n) is 6.32. The number of anilines is 3. The molecule has 3 heterocycles. The Kier molecular flexibility index (Phi) is 7.23. The number of methoxy groups -OCH3 is 1. The second-order valence-corrected chi connectivity index (χ2v) is 9.35. The molecular weight excluding hydrogens is 508 g/mol. The summed E-state index contributed by atoms with van der Waals surface area (Å²) in [6.07, 6.45) is 0. The number of nitrogens with zero attached hydrogens (tertiary/aromatic N) is 3. The van der Waals surface area contributed by atoms with Gasteiger partial charge in [0.1, 0.15) is 11.9 Å². The molecule has 0 saturated carbocycles. The van der Waals surface area contributed by atoms with Gasteiger partial charge in [0.15, 0.2) is 18.2 Å². The van der Waals surface area contributed by atoms with E-state index < -0.39 is 35.9 Å². The van der Waals surface area contributed by atoms with Crippen molar-refractivity contribution >= 4 is 45.8 Å². The zero-order valence-corrected chi connectivity index (χ0v) is 21.0. The van der Waals surface area contributed by atoms with Gasteiger partial charge in [0.2, 0.25) is 0 Å². The first kappa shape index (κ1) is 26.2. The molecule has 0 unspecified atom stereocenters. The molecule has 12 heteroatoms. The van der Waals surface area contributed by atoms with Gasteiger partial charge in [-0.05, 0) is 30.3 Å². The summed E-state index contributed by atoms with van der Waals surface area (Å²) in [5, 5.41) is 13.5. The number of benzene rings is 1. The summed E-state index contributed by atoms with van der Waals surface area (Å²) in [5.41, 5.74) is 0.756. The molecule has 0 aliphatic carbocycles. The van der Waals surface area contributed by atoms with E-state index in [4.69, 9.17) is 16.3 Å². The predicted molar refractivity (Wildman–Crippen MR) is 135 cm³/mol. The van der Waals surface area contributed by atoms with Crippen LogP contribution in [0.15, 0.2) is 35.1 Å². The lowest BCUT2D eigenvalue weighted by Gasteiger charge is -2.42. The number of alkyl halides is 2. The van der Waals surface area contributed by atoms with Crippen LogP contribution in [0.2, 0.25) is 5.02 Å². The normalized spacial score (nSPS) is 18.8. The summed E-state index contributed by atoms with van der Waals surface area (Å²) in [5.74, 6) is -4.84. The zero-order valence-electron chi connectivity index (χ0n) is 20.3. The van der Waals surface area contributed by atoms with Crippen molar-refractivity contribution in [3.8, 4) is 11.8 Å². The molecular formula is C25H24ClF2N5O4. The lowest BCUT2D eigenvalue weighted by atomic mass is 9.87. The molecule has 4 rings (SSSR count). The molecule has 2 aromatic heterocycles. The molecule has 2 N–H and O–H groups in total. The van der Waals surface area contributed by atoms with Crippen molar-refractivity contribution < 1.29 is 23.0 Å². The lowest BCUT2D eigenvalue weighted by Crippen LogP contribution is -2.52. The molecule has 1 aromatic carbocycles. The first-order chi connectivity index (χ1) is 17.5. The minimum Gasteiger partial charge on any atom is -0.476 e. The number of ether oxygens (including phenoxy) is 2. The number of fused-ring (bicyclic) bond motifs is 1. The molecule has 1 aliphatic heterocycles. The Morgan fingerprint density at radius 1 is 1.30 bits per heavy atom. The van der Waals surface area contributed by atoms with Crippen LogP contribution in [-0.4, -0.2) is 48.7 Å². The fraction of sp³-hybridized carbons (Fsp3) is 0.360. The number of hydrogen-bond acceptors (Lipinski definition) is 8. The van der Waals surface area contributed by atoms with Crippen LogP contribution in [0.25, 0.3) is 10.9 Å². The highest BCUT2D eigenvalue weighted by Crippen LogP contribution is 2.40. The number of hydrogen-bond donors (Lipinski definition) is 2. The summed E-state index contributed by atoms with van der Waals surface area (Å²) in [6, 6.07) is 10.0. The number of carbonyl (C=O) groups excluding carboxylic acids is 1. The van der Waals surface area contributed by atoms with Crippen LogP contribution in [0.5, 0.6) is 5.75 Å². The first-order valence-electron chi connectivity index (χ1n) is 11.4. The molecule has 0 spiro atoms. The number of H-pyrrole nitrogens is 1. The van der Waals surface area contributed by atoms with Gasteiger partial charge in [-0.3, -0.25) is 4.79 Å². The van der Waals surface area contributed by atoms with Gasteiger partial charge in [0.25, 0.3) is 11.5 Å². The van der Waals surface area contributed by atoms with Crippen LogP contribution < -0.4 is 20.5 Å². The largest absolute Gasteiger partial charge is 0.476 e. The Hall–Kier alpha value is -3.91. The number of piperidine rings is 1. The Bertz CT molecular complexity index is 1440. The van der Waals surface area contributed by atoms with Crippen molar-refractivity contribution in [3.63, 3.8) is 0 Å². The highest BCUT2D eigenvalue weighted by molar-refractivity contribution is 6.33. The summed E-state index contributed by atoms with van der Waals surface area (Å²) in [4.78, 5) is 32.5. The number of aromatic nitrogens is 2. The molecule has 3 aromatic rings. The SMILES string of the molecule is COC(=O)COc1cc2cc(Nc3nc(N4C[C@@H](C)C(F)(F)[C@@H](C)C4)c(C#N)cc3Cl)ccc2[nH]c1=O. The molecule has 2 atom stereocenters. The molecule has 1 fully saturated rings. The topological polar surface area (TPSA) is 120 Å². The third kappa shape index (κ3) is 5.29. The van der Waals surface area contributed by atoms with Crippen LogP contribution >= 0.6 is 11.6 Å². The molecule has 37 heavy (non-hydrogen) atoms. The van der Waals surface area contributed by atoms with E-state index in [1.54, 1.807) is 23.1 Å². The van der Waals surface area contributed by atoms with Crippen LogP contribution in [-0.2, 0) is 9.53 Å². The molecule has 9 nitrogen and oxygen atoms in total. The van der Waals surface area contributed by atoms with E-state index in [0.717, 1.165) is 0 Å². The molecule has 0 amide bonds. The van der Waals surface area contributed by atoms with Crippen LogP contribution in [0.4, 0.5) is 26.1 Å². The summed E-state index contributed by atoms with van der Waals surface area (Å²) in [6.45, 7) is 2.62. The second kappa shape index (κ2) is 10.2. The maximum Gasteiger partial charge on any atom is 0.343 e. The molecule has 1 saturated heterocycles. The number of carbonyl (C=O) groups is 1. The maximum absolute atomic E-state index is 14.4. The van der Waals surface area contributed by atoms with Crippen molar-refractivity contribution in [2.24, 2.45) is 11.8 Å². The number of esters is 1. The van der Waals surface area contributed by atoms with Gasteiger partial charge in [-0.1, -0.05) is 25.4 Å². The number of nitriles is 1. The molecule has 0 radical (unpaired) electrons. The summed E-state index contributed by atoms with van der Waals surface area (Å²) in [7, 11) is 1.21. The van der Waals surface area contributed by atoms with E-state index >= 15 is 0 Å². The van der Waals surface area contributed by atoms with E-state index in [9.17, 15) is 23.6 Å². The fourth-order valence-corrected chi connectivity index (χ4v) is 4.43. The highest BCUT2D eigenvalue weighted by atomic mass is 35.5. The first-order valence-corrected chi connectivity index (χ1v) is 11.8. The van der Waals surface area contributed by atoms with Gasteiger partial charge < -0.3 is 24.7 Å². The number of nitrogens with one attached hydrogen (secondary N) is 2. The van der Waals surface area contributed by atoms with E-state index in [-0.39, 0.29) is 41.1 Å². The third-order valence-corrected chi connectivity index (χ3v) is 6.61. The van der Waals surface area contributed by atoms with Gasteiger partial charge in [-0.25, -0.2) is 18.6 Å². The van der Waals surface area contributed by atoms with Gasteiger partial charge in [-0.2, -0.15) is 5.26 Å². The van der Waals surface area contributed by atoms with Crippen LogP contribution in [0.1, 0.15) is 19.4 Å². The number of rotatable bonds is 6. The van der Waals surface area contributed by atoms with Gasteiger partial charge in [-0.15, -0.1) is 0 Å². The Morgan fingerprint density at radius 2 is 2.00 bits per heavy atom. The van der Waals surface area contributed by atoms with Crippen LogP contribution in [0.3, 0.4) is 0 Å². The number of pyridine rings is 2. The quantitative estimate of drug-likeness (QED) is 0.447. The minimum atomic E-state index is -2.82. The van der Waals surface area contributed by atoms with Crippen LogP contribution in [0, 0.1) is 23.2 Å². The van der Waals surface area contributed by atoms with Crippen molar-refractivity contribution in [3.05, 3.63) is 51.3 Å². The fourth-order valence-electron chi connectivity index (χ4n) is 4.23. The summed E-state index contributed by atoms with van der Waals surface area (Å²) >= 11 is 6.39. The second-order valence-electron chi connectivity index (χ2n) is 8.94. The average molecular weight is 532 g/mol. The van der Waals surface area contributed by atoms with Crippen molar-refractivity contribution in [2.75, 3.05) is 37.0 Å². The lowest BCUT2D eigenvalue weighted by molar-refractivity contribution is -0.142. The van der Waals surface area contributed by atoms with Crippen molar-refractivity contribution in [1.82, 2.24) is 9.97 Å². The standard InChI is InChI=1S/C25H24ClF2N5O4/c1-13-10-33(11-14(2)25(13,27)28)23-16(9-29)7-18(26)22(32-23)30-17-4-5-19-15(6-17)8-20(24(35)31-19)37-12-21(34)36-3/h4-8,13-14H,10-12H2,1-3H3,(H,30,32)(H,31,35)/t13-,14+. The molecule has 194 valence electrons. The maximum atomic E-state index is 14.4.